The second kappa shape index (κ2) is 8.23. The fourth-order valence-electron chi connectivity index (χ4n) is 1.90. The zero-order valence-electron chi connectivity index (χ0n) is 11.8. The summed E-state index contributed by atoms with van der Waals surface area (Å²) >= 11 is 0. The van der Waals surface area contributed by atoms with Crippen LogP contribution in [0, 0.1) is 0 Å². The monoisotopic (exact) mass is 271 g/mol. The summed E-state index contributed by atoms with van der Waals surface area (Å²) in [5.41, 5.74) is 2.25. The van der Waals surface area contributed by atoms with Crippen LogP contribution in [0.15, 0.2) is 54.6 Å². The van der Waals surface area contributed by atoms with Crippen LogP contribution in [-0.4, -0.2) is 19.8 Å². The predicted octanol–water partition coefficient (Wildman–Crippen LogP) is 3.71. The highest BCUT2D eigenvalue weighted by Gasteiger charge is 2.02. The number of para-hydroxylation sites is 2. The molecule has 0 amide bonds. The summed E-state index contributed by atoms with van der Waals surface area (Å²) in [6, 6.07) is 18.2. The lowest BCUT2D eigenvalue weighted by Gasteiger charge is -2.12. The Morgan fingerprint density at radius 3 is 2.45 bits per heavy atom. The zero-order chi connectivity index (χ0) is 14.0. The van der Waals surface area contributed by atoms with Gasteiger partial charge in [0.2, 0.25) is 0 Å². The summed E-state index contributed by atoms with van der Waals surface area (Å²) in [6.07, 6.45) is 0. The molecule has 0 bridgehead atoms. The Bertz CT molecular complexity index is 499. The molecule has 0 aliphatic heterocycles. The van der Waals surface area contributed by atoms with Crippen LogP contribution in [0.5, 0.6) is 5.75 Å². The van der Waals surface area contributed by atoms with Gasteiger partial charge in [-0.05, 0) is 25.1 Å². The minimum atomic E-state index is 0.580. The fraction of sp³-hybridized carbons (Fsp3) is 0.294. The summed E-state index contributed by atoms with van der Waals surface area (Å²) in [7, 11) is 0. The molecule has 1 N–H and O–H groups in total. The molecule has 0 atom stereocenters. The van der Waals surface area contributed by atoms with E-state index >= 15 is 0 Å². The molecule has 2 aromatic rings. The molecule has 3 nitrogen and oxygen atoms in total. The normalized spacial score (nSPS) is 10.2. The van der Waals surface area contributed by atoms with E-state index in [0.717, 1.165) is 30.2 Å². The van der Waals surface area contributed by atoms with Crippen LogP contribution in [0.1, 0.15) is 12.5 Å². The summed E-state index contributed by atoms with van der Waals surface area (Å²) in [5.74, 6) is 0.913. The van der Waals surface area contributed by atoms with Crippen LogP contribution in [0.4, 0.5) is 5.69 Å². The minimum absolute atomic E-state index is 0.580. The van der Waals surface area contributed by atoms with Gasteiger partial charge >= 0.3 is 0 Å². The Morgan fingerprint density at radius 2 is 1.65 bits per heavy atom. The van der Waals surface area contributed by atoms with Gasteiger partial charge in [0.15, 0.2) is 0 Å². The number of hydrogen-bond donors (Lipinski definition) is 1. The largest absolute Gasteiger partial charge is 0.491 e. The van der Waals surface area contributed by atoms with Gasteiger partial charge in [0.1, 0.15) is 12.4 Å². The van der Waals surface area contributed by atoms with Crippen molar-refractivity contribution in [3.63, 3.8) is 0 Å². The van der Waals surface area contributed by atoms with E-state index < -0.39 is 0 Å². The maximum Gasteiger partial charge on any atom is 0.124 e. The number of ether oxygens (including phenoxy) is 2. The molecular weight excluding hydrogens is 250 g/mol. The Hall–Kier alpha value is -2.00. The van der Waals surface area contributed by atoms with E-state index in [-0.39, 0.29) is 0 Å². The van der Waals surface area contributed by atoms with E-state index in [9.17, 15) is 0 Å². The molecular formula is C17H21NO2. The van der Waals surface area contributed by atoms with Crippen LogP contribution in [0.25, 0.3) is 0 Å². The molecule has 0 spiro atoms. The van der Waals surface area contributed by atoms with Gasteiger partial charge in [0.25, 0.3) is 0 Å². The van der Waals surface area contributed by atoms with E-state index in [1.807, 2.05) is 43.3 Å². The van der Waals surface area contributed by atoms with Crippen molar-refractivity contribution < 1.29 is 9.47 Å². The number of rotatable bonds is 8. The van der Waals surface area contributed by atoms with Crippen molar-refractivity contribution in [1.29, 1.82) is 0 Å². The third kappa shape index (κ3) is 4.59. The molecule has 2 aromatic carbocycles. The van der Waals surface area contributed by atoms with Gasteiger partial charge in [0.05, 0.1) is 6.61 Å². The first kappa shape index (κ1) is 14.4. The summed E-state index contributed by atoms with van der Waals surface area (Å²) < 4.78 is 11.0. The van der Waals surface area contributed by atoms with E-state index in [0.29, 0.717) is 13.2 Å². The molecule has 20 heavy (non-hydrogen) atoms. The summed E-state index contributed by atoms with van der Waals surface area (Å²) in [4.78, 5) is 0. The SMILES string of the molecule is CCOCCOc1ccccc1CNc1ccccc1. The van der Waals surface area contributed by atoms with Crippen molar-refractivity contribution >= 4 is 5.69 Å². The van der Waals surface area contributed by atoms with Crippen LogP contribution < -0.4 is 10.1 Å². The average Bonchev–Trinajstić information content (AvgIpc) is 2.51. The Balaban J connectivity index is 1.90. The second-order valence-electron chi connectivity index (χ2n) is 4.37. The summed E-state index contributed by atoms with van der Waals surface area (Å²) in [6.45, 7) is 4.65. The van der Waals surface area contributed by atoms with Gasteiger partial charge in [-0.3, -0.25) is 0 Å². The molecule has 0 saturated heterocycles. The maximum absolute atomic E-state index is 5.76. The maximum atomic E-state index is 5.76. The highest BCUT2D eigenvalue weighted by molar-refractivity contribution is 5.44. The van der Waals surface area contributed by atoms with Gasteiger partial charge in [0, 0.05) is 24.4 Å². The zero-order valence-corrected chi connectivity index (χ0v) is 11.8. The van der Waals surface area contributed by atoms with Crippen molar-refractivity contribution in [2.45, 2.75) is 13.5 Å². The van der Waals surface area contributed by atoms with E-state index in [1.165, 1.54) is 0 Å². The molecule has 3 heteroatoms. The lowest BCUT2D eigenvalue weighted by atomic mass is 10.2. The van der Waals surface area contributed by atoms with Gasteiger partial charge < -0.3 is 14.8 Å². The molecule has 0 unspecified atom stereocenters. The number of nitrogens with one attached hydrogen (secondary N) is 1. The van der Waals surface area contributed by atoms with Crippen LogP contribution in [0.3, 0.4) is 0 Å². The van der Waals surface area contributed by atoms with Crippen molar-refractivity contribution in [3.05, 3.63) is 60.2 Å². The first-order valence-electron chi connectivity index (χ1n) is 6.97. The first-order valence-corrected chi connectivity index (χ1v) is 6.97. The molecule has 0 aliphatic rings. The fourth-order valence-corrected chi connectivity index (χ4v) is 1.90. The molecule has 0 heterocycles. The predicted molar refractivity (Wildman–Crippen MR) is 82.2 cm³/mol. The van der Waals surface area contributed by atoms with Crippen molar-refractivity contribution in [3.8, 4) is 5.75 Å². The molecule has 0 radical (unpaired) electrons. The smallest absolute Gasteiger partial charge is 0.124 e. The first-order chi connectivity index (χ1) is 9.90. The topological polar surface area (TPSA) is 30.5 Å². The third-order valence-electron chi connectivity index (χ3n) is 2.92. The lowest BCUT2D eigenvalue weighted by molar-refractivity contribution is 0.110. The second-order valence-corrected chi connectivity index (χ2v) is 4.37. The van der Waals surface area contributed by atoms with Crippen LogP contribution in [0.2, 0.25) is 0 Å². The van der Waals surface area contributed by atoms with Crippen molar-refractivity contribution in [1.82, 2.24) is 0 Å². The highest BCUT2D eigenvalue weighted by atomic mass is 16.5. The Kier molecular flexibility index (Phi) is 5.93. The van der Waals surface area contributed by atoms with Gasteiger partial charge in [-0.1, -0.05) is 36.4 Å². The molecule has 0 saturated carbocycles. The molecule has 0 aliphatic carbocycles. The molecule has 0 aromatic heterocycles. The van der Waals surface area contributed by atoms with Crippen molar-refractivity contribution in [2.75, 3.05) is 25.1 Å². The van der Waals surface area contributed by atoms with Crippen LogP contribution >= 0.6 is 0 Å². The van der Waals surface area contributed by atoms with Crippen LogP contribution in [-0.2, 0) is 11.3 Å². The molecule has 2 rings (SSSR count). The van der Waals surface area contributed by atoms with E-state index in [4.69, 9.17) is 9.47 Å². The number of hydrogen-bond acceptors (Lipinski definition) is 3. The number of anilines is 1. The Labute approximate surface area is 120 Å². The lowest BCUT2D eigenvalue weighted by Crippen LogP contribution is -2.09. The highest BCUT2D eigenvalue weighted by Crippen LogP contribution is 2.19. The third-order valence-corrected chi connectivity index (χ3v) is 2.92. The minimum Gasteiger partial charge on any atom is -0.491 e. The average molecular weight is 271 g/mol. The standard InChI is InChI=1S/C17H21NO2/c1-2-19-12-13-20-17-11-7-6-8-15(17)14-18-16-9-4-3-5-10-16/h3-11,18H,2,12-14H2,1H3. The molecule has 106 valence electrons. The Morgan fingerprint density at radius 1 is 0.900 bits per heavy atom. The van der Waals surface area contributed by atoms with Gasteiger partial charge in [-0.25, -0.2) is 0 Å². The quantitative estimate of drug-likeness (QED) is 0.742. The van der Waals surface area contributed by atoms with Gasteiger partial charge in [-0.15, -0.1) is 0 Å². The number of benzene rings is 2. The van der Waals surface area contributed by atoms with Gasteiger partial charge in [-0.2, -0.15) is 0 Å². The molecule has 0 fully saturated rings. The van der Waals surface area contributed by atoms with E-state index in [2.05, 4.69) is 23.5 Å². The van der Waals surface area contributed by atoms with E-state index in [1.54, 1.807) is 0 Å². The van der Waals surface area contributed by atoms with Crippen molar-refractivity contribution in [2.24, 2.45) is 0 Å². The summed E-state index contributed by atoms with van der Waals surface area (Å²) in [5, 5.41) is 3.39.